The third kappa shape index (κ3) is 5.04. The number of carboxylic acid groups (broad SMARTS) is 1. The number of benzene rings is 3. The fourth-order valence-electron chi connectivity index (χ4n) is 4.57. The number of hydrogen-bond donors (Lipinski definition) is 2. The standard InChI is InChI=1S/C29H33NO4/c1-4-21-10-12-22(13-11-21)19-34-26-8-5-7-25-28(26)20(2)29(3,30-25)23-14-16-24(17-15-23)33-18-6-9-27(31)32/h5,7-8,10-17,20,30H,4,6,9,18-19H2,1-3H3,(H,31,32). The Morgan fingerprint density at radius 3 is 2.38 bits per heavy atom. The first-order valence-electron chi connectivity index (χ1n) is 12.0. The van der Waals surface area contributed by atoms with Crippen LogP contribution in [0.2, 0.25) is 0 Å². The lowest BCUT2D eigenvalue weighted by Crippen LogP contribution is -2.31. The molecule has 0 fully saturated rings. The summed E-state index contributed by atoms with van der Waals surface area (Å²) in [5.41, 5.74) is 5.67. The number of nitrogens with one attached hydrogen (secondary N) is 1. The van der Waals surface area contributed by atoms with Crippen molar-refractivity contribution >= 4 is 11.7 Å². The Bertz CT molecular complexity index is 1120. The van der Waals surface area contributed by atoms with E-state index < -0.39 is 5.97 Å². The second kappa shape index (κ2) is 10.2. The lowest BCUT2D eigenvalue weighted by Gasteiger charge is -2.31. The summed E-state index contributed by atoms with van der Waals surface area (Å²) in [7, 11) is 0. The Hall–Kier alpha value is -3.47. The van der Waals surface area contributed by atoms with Crippen LogP contribution in [0.4, 0.5) is 5.69 Å². The van der Waals surface area contributed by atoms with Gasteiger partial charge in [-0.05, 0) is 60.7 Å². The van der Waals surface area contributed by atoms with Crippen LogP contribution in [0, 0.1) is 0 Å². The summed E-state index contributed by atoms with van der Waals surface area (Å²) in [4.78, 5) is 10.7. The monoisotopic (exact) mass is 459 g/mol. The summed E-state index contributed by atoms with van der Waals surface area (Å²) >= 11 is 0. The van der Waals surface area contributed by atoms with Gasteiger partial charge in [-0.25, -0.2) is 0 Å². The molecule has 0 amide bonds. The molecule has 0 aromatic heterocycles. The van der Waals surface area contributed by atoms with E-state index in [9.17, 15) is 4.79 Å². The van der Waals surface area contributed by atoms with Gasteiger partial charge in [0.25, 0.3) is 0 Å². The van der Waals surface area contributed by atoms with Crippen molar-refractivity contribution in [3.8, 4) is 11.5 Å². The highest BCUT2D eigenvalue weighted by atomic mass is 16.5. The maximum Gasteiger partial charge on any atom is 0.303 e. The molecule has 0 radical (unpaired) electrons. The van der Waals surface area contributed by atoms with Crippen LogP contribution in [0.1, 0.15) is 61.8 Å². The highest BCUT2D eigenvalue weighted by molar-refractivity contribution is 5.68. The van der Waals surface area contributed by atoms with Crippen LogP contribution < -0.4 is 14.8 Å². The van der Waals surface area contributed by atoms with Crippen molar-refractivity contribution < 1.29 is 19.4 Å². The Labute approximate surface area is 201 Å². The fraction of sp³-hybridized carbons (Fsp3) is 0.345. The van der Waals surface area contributed by atoms with E-state index in [1.54, 1.807) is 0 Å². The van der Waals surface area contributed by atoms with Gasteiger partial charge >= 0.3 is 5.97 Å². The molecule has 3 aromatic rings. The van der Waals surface area contributed by atoms with Gasteiger partial charge in [0.05, 0.1) is 12.1 Å². The number of hydrogen-bond acceptors (Lipinski definition) is 4. The van der Waals surface area contributed by atoms with E-state index in [2.05, 4.69) is 74.6 Å². The van der Waals surface area contributed by atoms with E-state index in [1.165, 1.54) is 11.1 Å². The lowest BCUT2D eigenvalue weighted by atomic mass is 9.80. The summed E-state index contributed by atoms with van der Waals surface area (Å²) < 4.78 is 12.0. The number of rotatable bonds is 10. The zero-order valence-electron chi connectivity index (χ0n) is 20.1. The maximum atomic E-state index is 10.7. The number of aryl methyl sites for hydroxylation is 1. The van der Waals surface area contributed by atoms with Gasteiger partial charge < -0.3 is 19.9 Å². The molecule has 5 nitrogen and oxygen atoms in total. The van der Waals surface area contributed by atoms with E-state index in [1.807, 2.05) is 18.2 Å². The smallest absolute Gasteiger partial charge is 0.303 e. The van der Waals surface area contributed by atoms with Crippen molar-refractivity contribution in [3.05, 3.63) is 89.0 Å². The van der Waals surface area contributed by atoms with Crippen LogP contribution in [0.25, 0.3) is 0 Å². The summed E-state index contributed by atoms with van der Waals surface area (Å²) in [6.45, 7) is 7.54. The number of ether oxygens (including phenoxy) is 2. The van der Waals surface area contributed by atoms with Gasteiger partial charge in [0.2, 0.25) is 0 Å². The average Bonchev–Trinajstić information content (AvgIpc) is 3.12. The number of fused-ring (bicyclic) bond motifs is 1. The van der Waals surface area contributed by atoms with Crippen LogP contribution in [-0.2, 0) is 23.4 Å². The summed E-state index contributed by atoms with van der Waals surface area (Å²) in [5.74, 6) is 1.06. The molecule has 1 aliphatic heterocycles. The summed E-state index contributed by atoms with van der Waals surface area (Å²) in [5, 5.41) is 12.5. The number of carboxylic acids is 1. The Kier molecular flexibility index (Phi) is 7.11. The van der Waals surface area contributed by atoms with Gasteiger partial charge in [0.1, 0.15) is 18.1 Å². The van der Waals surface area contributed by atoms with Crippen molar-refractivity contribution in [1.82, 2.24) is 0 Å². The summed E-state index contributed by atoms with van der Waals surface area (Å²) in [6, 6.07) is 22.9. The van der Waals surface area contributed by atoms with Crippen LogP contribution in [0.15, 0.2) is 66.7 Å². The molecular formula is C29H33NO4. The molecular weight excluding hydrogens is 426 g/mol. The highest BCUT2D eigenvalue weighted by Gasteiger charge is 2.42. The van der Waals surface area contributed by atoms with Gasteiger partial charge in [-0.3, -0.25) is 4.79 Å². The van der Waals surface area contributed by atoms with Crippen molar-refractivity contribution in [2.24, 2.45) is 0 Å². The molecule has 34 heavy (non-hydrogen) atoms. The van der Waals surface area contributed by atoms with Crippen molar-refractivity contribution in [2.75, 3.05) is 11.9 Å². The minimum atomic E-state index is -0.800. The molecule has 0 saturated carbocycles. The van der Waals surface area contributed by atoms with Crippen LogP contribution in [-0.4, -0.2) is 17.7 Å². The number of aliphatic carboxylic acids is 1. The van der Waals surface area contributed by atoms with Crippen LogP contribution in [0.3, 0.4) is 0 Å². The number of carbonyl (C=O) groups is 1. The summed E-state index contributed by atoms with van der Waals surface area (Å²) in [6.07, 6.45) is 1.64. The Morgan fingerprint density at radius 2 is 1.71 bits per heavy atom. The zero-order valence-corrected chi connectivity index (χ0v) is 20.1. The van der Waals surface area contributed by atoms with Crippen molar-refractivity contribution in [3.63, 3.8) is 0 Å². The van der Waals surface area contributed by atoms with Gasteiger partial charge in [0, 0.05) is 23.6 Å². The van der Waals surface area contributed by atoms with Gasteiger partial charge in [-0.15, -0.1) is 0 Å². The Balaban J connectivity index is 1.46. The molecule has 0 bridgehead atoms. The quantitative estimate of drug-likeness (QED) is 0.338. The first-order valence-corrected chi connectivity index (χ1v) is 12.0. The molecule has 178 valence electrons. The topological polar surface area (TPSA) is 67.8 Å². The van der Waals surface area contributed by atoms with Crippen LogP contribution >= 0.6 is 0 Å². The fourth-order valence-corrected chi connectivity index (χ4v) is 4.57. The first-order chi connectivity index (χ1) is 16.4. The maximum absolute atomic E-state index is 10.7. The predicted molar refractivity (Wildman–Crippen MR) is 135 cm³/mol. The van der Waals surface area contributed by atoms with E-state index in [-0.39, 0.29) is 17.9 Å². The predicted octanol–water partition coefficient (Wildman–Crippen LogP) is 6.52. The molecule has 4 rings (SSSR count). The van der Waals surface area contributed by atoms with E-state index in [0.29, 0.717) is 19.6 Å². The van der Waals surface area contributed by atoms with E-state index >= 15 is 0 Å². The lowest BCUT2D eigenvalue weighted by molar-refractivity contribution is -0.137. The molecule has 1 heterocycles. The van der Waals surface area contributed by atoms with Gasteiger partial charge in [-0.2, -0.15) is 0 Å². The molecule has 1 aliphatic rings. The molecule has 0 spiro atoms. The minimum Gasteiger partial charge on any atom is -0.494 e. The second-order valence-electron chi connectivity index (χ2n) is 9.10. The second-order valence-corrected chi connectivity index (χ2v) is 9.10. The van der Waals surface area contributed by atoms with Crippen molar-refractivity contribution in [1.29, 1.82) is 0 Å². The Morgan fingerprint density at radius 1 is 1.00 bits per heavy atom. The molecule has 2 atom stereocenters. The largest absolute Gasteiger partial charge is 0.494 e. The minimum absolute atomic E-state index is 0.115. The normalized spacial score (nSPS) is 18.7. The highest BCUT2D eigenvalue weighted by Crippen LogP contribution is 2.51. The third-order valence-corrected chi connectivity index (χ3v) is 6.84. The molecule has 0 aliphatic carbocycles. The van der Waals surface area contributed by atoms with E-state index in [4.69, 9.17) is 14.6 Å². The van der Waals surface area contributed by atoms with E-state index in [0.717, 1.165) is 34.7 Å². The average molecular weight is 460 g/mol. The molecule has 3 aromatic carbocycles. The third-order valence-electron chi connectivity index (χ3n) is 6.84. The number of anilines is 1. The molecule has 0 saturated heterocycles. The SMILES string of the molecule is CCc1ccc(COc2cccc3c2C(C)C(C)(c2ccc(OCCCC(=O)O)cc2)N3)cc1. The van der Waals surface area contributed by atoms with Crippen molar-refractivity contribution in [2.45, 2.75) is 58.1 Å². The van der Waals surface area contributed by atoms with Crippen LogP contribution in [0.5, 0.6) is 11.5 Å². The zero-order chi connectivity index (χ0) is 24.1. The molecule has 5 heteroatoms. The van der Waals surface area contributed by atoms with Gasteiger partial charge in [0.15, 0.2) is 0 Å². The first kappa shape index (κ1) is 23.7. The molecule has 2 N–H and O–H groups in total. The molecule has 2 unspecified atom stereocenters. The van der Waals surface area contributed by atoms with Gasteiger partial charge in [-0.1, -0.05) is 56.3 Å².